The first-order valence-corrected chi connectivity index (χ1v) is 10.1. The number of anilines is 1. The topological polar surface area (TPSA) is 75.4 Å². The minimum Gasteiger partial charge on any atom is -0.355 e. The van der Waals surface area contributed by atoms with Crippen LogP contribution < -0.4 is 5.32 Å². The minimum absolute atomic E-state index is 0.0515. The van der Waals surface area contributed by atoms with E-state index in [9.17, 15) is 9.59 Å². The van der Waals surface area contributed by atoms with Crippen LogP contribution in [-0.4, -0.2) is 35.5 Å². The lowest BCUT2D eigenvalue weighted by Crippen LogP contribution is -2.35. The maximum absolute atomic E-state index is 13.0. The number of aryl methyl sites for hydroxylation is 1. The molecule has 1 N–H and O–H groups in total. The lowest BCUT2D eigenvalue weighted by atomic mass is 10.1. The van der Waals surface area contributed by atoms with Gasteiger partial charge in [-0.05, 0) is 36.2 Å². The summed E-state index contributed by atoms with van der Waals surface area (Å²) < 4.78 is 5.51. The third-order valence-corrected chi connectivity index (χ3v) is 5.16. The van der Waals surface area contributed by atoms with E-state index >= 15 is 0 Å². The second-order valence-electron chi connectivity index (χ2n) is 7.33. The monoisotopic (exact) mass is 413 g/mol. The average Bonchev–Trinajstić information content (AvgIpc) is 3.22. The van der Waals surface area contributed by atoms with Gasteiger partial charge >= 0.3 is 0 Å². The highest BCUT2D eigenvalue weighted by molar-refractivity contribution is 6.03. The van der Waals surface area contributed by atoms with E-state index in [2.05, 4.69) is 10.5 Å². The zero-order valence-electron chi connectivity index (χ0n) is 17.5. The molecule has 156 valence electrons. The van der Waals surface area contributed by atoms with Gasteiger partial charge in [0.1, 0.15) is 5.52 Å². The molecule has 0 fully saturated rings. The quantitative estimate of drug-likeness (QED) is 0.494. The molecule has 0 atom stereocenters. The van der Waals surface area contributed by atoms with E-state index in [-0.39, 0.29) is 18.4 Å². The number of nitrogens with one attached hydrogen (secondary N) is 1. The average molecular weight is 413 g/mol. The number of likely N-dealkylation sites (N-methyl/N-ethyl adjacent to an activating group) is 1. The molecule has 6 heteroatoms. The molecule has 2 amide bonds. The largest absolute Gasteiger partial charge is 0.355 e. The van der Waals surface area contributed by atoms with Gasteiger partial charge in [-0.3, -0.25) is 9.59 Å². The van der Waals surface area contributed by atoms with Gasteiger partial charge in [-0.1, -0.05) is 60.6 Å². The molecule has 0 bridgehead atoms. The van der Waals surface area contributed by atoms with Gasteiger partial charge in [0.05, 0.1) is 11.9 Å². The fourth-order valence-corrected chi connectivity index (χ4v) is 3.52. The smallest absolute Gasteiger partial charge is 0.254 e. The molecule has 0 radical (unpaired) electrons. The summed E-state index contributed by atoms with van der Waals surface area (Å²) in [5, 5.41) is 7.74. The fraction of sp³-hybridized carbons (Fsp3) is 0.160. The second kappa shape index (κ2) is 8.83. The summed E-state index contributed by atoms with van der Waals surface area (Å²) >= 11 is 0. The lowest BCUT2D eigenvalue weighted by molar-refractivity contribution is -0.116. The van der Waals surface area contributed by atoms with Gasteiger partial charge in [0.2, 0.25) is 5.91 Å². The summed E-state index contributed by atoms with van der Waals surface area (Å²) in [6.07, 6.45) is 0.813. The molecular formula is C25H23N3O3. The fourth-order valence-electron chi connectivity index (χ4n) is 3.52. The van der Waals surface area contributed by atoms with Crippen LogP contribution in [0.15, 0.2) is 77.3 Å². The molecule has 3 aromatic carbocycles. The molecule has 1 aromatic heterocycles. The molecule has 0 saturated heterocycles. The van der Waals surface area contributed by atoms with E-state index < -0.39 is 0 Å². The SMILES string of the molecule is CCc1ccccc1NC(=O)CN(C)C(=O)c1ccc2noc(-c3ccccc3)c2c1. The summed E-state index contributed by atoms with van der Waals surface area (Å²) in [6.45, 7) is 1.98. The lowest BCUT2D eigenvalue weighted by Gasteiger charge is -2.17. The molecule has 0 unspecified atom stereocenters. The number of hydrogen-bond donors (Lipinski definition) is 1. The van der Waals surface area contributed by atoms with Crippen molar-refractivity contribution in [3.63, 3.8) is 0 Å². The van der Waals surface area contributed by atoms with Gasteiger partial charge in [-0.15, -0.1) is 0 Å². The van der Waals surface area contributed by atoms with E-state index in [0.717, 1.165) is 28.6 Å². The molecule has 1 heterocycles. The molecule has 0 aliphatic carbocycles. The van der Waals surface area contributed by atoms with Crippen LogP contribution in [0, 0.1) is 0 Å². The summed E-state index contributed by atoms with van der Waals surface area (Å²) in [5.74, 6) is 0.121. The molecular weight excluding hydrogens is 390 g/mol. The predicted molar refractivity (Wildman–Crippen MR) is 121 cm³/mol. The molecule has 0 aliphatic rings. The number of hydrogen-bond acceptors (Lipinski definition) is 4. The highest BCUT2D eigenvalue weighted by Gasteiger charge is 2.18. The van der Waals surface area contributed by atoms with Crippen LogP contribution in [0.25, 0.3) is 22.2 Å². The van der Waals surface area contributed by atoms with Crippen LogP contribution in [0.4, 0.5) is 5.69 Å². The highest BCUT2D eigenvalue weighted by atomic mass is 16.5. The van der Waals surface area contributed by atoms with Crippen LogP contribution in [0.2, 0.25) is 0 Å². The Labute approximate surface area is 180 Å². The zero-order chi connectivity index (χ0) is 21.8. The van der Waals surface area contributed by atoms with Crippen molar-refractivity contribution in [1.82, 2.24) is 10.1 Å². The van der Waals surface area contributed by atoms with Crippen LogP contribution in [-0.2, 0) is 11.2 Å². The van der Waals surface area contributed by atoms with Crippen molar-refractivity contribution in [3.8, 4) is 11.3 Å². The first kappa shape index (κ1) is 20.3. The van der Waals surface area contributed by atoms with Gasteiger partial charge in [0.15, 0.2) is 5.76 Å². The number of fused-ring (bicyclic) bond motifs is 1. The Bertz CT molecular complexity index is 1230. The summed E-state index contributed by atoms with van der Waals surface area (Å²) in [6, 6.07) is 22.5. The molecule has 0 saturated carbocycles. The first-order valence-electron chi connectivity index (χ1n) is 10.1. The van der Waals surface area contributed by atoms with Gasteiger partial charge in [-0.2, -0.15) is 0 Å². The Balaban J connectivity index is 1.51. The summed E-state index contributed by atoms with van der Waals surface area (Å²) in [7, 11) is 1.61. The van der Waals surface area contributed by atoms with Crippen LogP contribution in [0.5, 0.6) is 0 Å². The Kier molecular flexibility index (Phi) is 5.80. The zero-order valence-corrected chi connectivity index (χ0v) is 17.5. The third-order valence-electron chi connectivity index (χ3n) is 5.16. The molecule has 4 rings (SSSR count). The number of nitrogens with zero attached hydrogens (tertiary/aromatic N) is 2. The molecule has 31 heavy (non-hydrogen) atoms. The van der Waals surface area contributed by atoms with Crippen molar-refractivity contribution in [2.45, 2.75) is 13.3 Å². The Morgan fingerprint density at radius 3 is 2.52 bits per heavy atom. The van der Waals surface area contributed by atoms with Crippen molar-refractivity contribution in [3.05, 3.63) is 83.9 Å². The van der Waals surface area contributed by atoms with E-state index in [1.807, 2.05) is 61.5 Å². The summed E-state index contributed by atoms with van der Waals surface area (Å²) in [5.41, 5.74) is 3.85. The molecule has 0 aliphatic heterocycles. The van der Waals surface area contributed by atoms with Crippen LogP contribution >= 0.6 is 0 Å². The van der Waals surface area contributed by atoms with Gasteiger partial charge in [0, 0.05) is 23.9 Å². The normalized spacial score (nSPS) is 10.8. The van der Waals surface area contributed by atoms with Gasteiger partial charge in [0.25, 0.3) is 5.91 Å². The van der Waals surface area contributed by atoms with Crippen molar-refractivity contribution < 1.29 is 14.1 Å². The van der Waals surface area contributed by atoms with E-state index in [1.54, 1.807) is 25.2 Å². The molecule has 0 spiro atoms. The number of aromatic nitrogens is 1. The number of para-hydroxylation sites is 1. The first-order chi connectivity index (χ1) is 15.1. The van der Waals surface area contributed by atoms with Crippen LogP contribution in [0.1, 0.15) is 22.8 Å². The maximum Gasteiger partial charge on any atom is 0.254 e. The Morgan fingerprint density at radius 2 is 1.74 bits per heavy atom. The molecule has 4 aromatic rings. The third kappa shape index (κ3) is 4.33. The van der Waals surface area contributed by atoms with Crippen molar-refractivity contribution >= 4 is 28.4 Å². The molecule has 6 nitrogen and oxygen atoms in total. The number of carbonyl (C=O) groups excluding carboxylic acids is 2. The Hall–Kier alpha value is -3.93. The predicted octanol–water partition coefficient (Wildman–Crippen LogP) is 4.77. The van der Waals surface area contributed by atoms with Gasteiger partial charge < -0.3 is 14.7 Å². The van der Waals surface area contributed by atoms with Crippen molar-refractivity contribution in [1.29, 1.82) is 0 Å². The minimum atomic E-state index is -0.249. The standard InChI is InChI=1S/C25H23N3O3/c1-3-17-9-7-8-12-21(17)26-23(29)16-28(2)25(30)19-13-14-22-20(15-19)24(31-27-22)18-10-5-4-6-11-18/h4-15H,3,16H2,1-2H3,(H,26,29). The Morgan fingerprint density at radius 1 is 1.00 bits per heavy atom. The van der Waals surface area contributed by atoms with Gasteiger partial charge in [-0.25, -0.2) is 0 Å². The number of carbonyl (C=O) groups is 2. The van der Waals surface area contributed by atoms with Crippen molar-refractivity contribution in [2.24, 2.45) is 0 Å². The van der Waals surface area contributed by atoms with Crippen molar-refractivity contribution in [2.75, 3.05) is 18.9 Å². The maximum atomic E-state index is 13.0. The number of rotatable bonds is 6. The summed E-state index contributed by atoms with van der Waals surface area (Å²) in [4.78, 5) is 26.9. The highest BCUT2D eigenvalue weighted by Crippen LogP contribution is 2.29. The van der Waals surface area contributed by atoms with Crippen LogP contribution in [0.3, 0.4) is 0 Å². The number of amides is 2. The van der Waals surface area contributed by atoms with E-state index in [0.29, 0.717) is 16.8 Å². The van der Waals surface area contributed by atoms with E-state index in [1.165, 1.54) is 4.90 Å². The number of benzene rings is 3. The van der Waals surface area contributed by atoms with E-state index in [4.69, 9.17) is 4.52 Å². The second-order valence-corrected chi connectivity index (χ2v) is 7.33.